The fourth-order valence-electron chi connectivity index (χ4n) is 5.83. The summed E-state index contributed by atoms with van der Waals surface area (Å²) in [5, 5.41) is 5.22. The summed E-state index contributed by atoms with van der Waals surface area (Å²) in [6.45, 7) is 13.6. The van der Waals surface area contributed by atoms with Gasteiger partial charge in [-0.2, -0.15) is 11.3 Å². The normalized spacial score (nSPS) is 13.7. The number of anilines is 1. The Bertz CT molecular complexity index is 2190. The van der Waals surface area contributed by atoms with E-state index < -0.39 is 27.3 Å². The third kappa shape index (κ3) is 5.66. The molecule has 0 spiro atoms. The molecule has 2 aromatic heterocycles. The van der Waals surface area contributed by atoms with Gasteiger partial charge in [0.15, 0.2) is 0 Å². The van der Waals surface area contributed by atoms with Crippen molar-refractivity contribution in [2.24, 2.45) is 5.92 Å². The molecule has 9 nitrogen and oxygen atoms in total. The van der Waals surface area contributed by atoms with Crippen molar-refractivity contribution in [1.82, 2.24) is 9.29 Å². The number of ether oxygens (including phenoxy) is 1. The number of aromatic nitrogens is 1. The summed E-state index contributed by atoms with van der Waals surface area (Å²) in [4.78, 5) is 30.7. The predicted molar refractivity (Wildman–Crippen MR) is 181 cm³/mol. The lowest BCUT2D eigenvalue weighted by Gasteiger charge is -2.41. The zero-order valence-corrected chi connectivity index (χ0v) is 27.7. The van der Waals surface area contributed by atoms with Crippen LogP contribution in [0.3, 0.4) is 0 Å². The van der Waals surface area contributed by atoms with Crippen LogP contribution >= 0.6 is 11.3 Å². The number of nitrogens with zero attached hydrogens (tertiary/aromatic N) is 3. The molecule has 47 heavy (non-hydrogen) atoms. The van der Waals surface area contributed by atoms with Crippen LogP contribution < -0.4 is 10.2 Å². The second kappa shape index (κ2) is 12.0. The van der Waals surface area contributed by atoms with Gasteiger partial charge in [-0.1, -0.05) is 35.9 Å². The van der Waals surface area contributed by atoms with E-state index in [9.17, 15) is 22.4 Å². The monoisotopic (exact) mass is 670 g/mol. The van der Waals surface area contributed by atoms with Crippen molar-refractivity contribution in [3.05, 3.63) is 101 Å². The van der Waals surface area contributed by atoms with Crippen molar-refractivity contribution in [3.8, 4) is 22.4 Å². The highest BCUT2D eigenvalue weighted by molar-refractivity contribution is 7.90. The molecule has 0 bridgehead atoms. The topological polar surface area (TPSA) is 102 Å². The van der Waals surface area contributed by atoms with Crippen molar-refractivity contribution in [2.45, 2.75) is 31.2 Å². The molecular weight excluding hydrogens is 640 g/mol. The highest BCUT2D eigenvalue weighted by Gasteiger charge is 2.38. The highest BCUT2D eigenvalue weighted by Crippen LogP contribution is 2.48. The van der Waals surface area contributed by atoms with E-state index in [1.54, 1.807) is 61.7 Å². The van der Waals surface area contributed by atoms with E-state index in [0.717, 1.165) is 11.3 Å². The van der Waals surface area contributed by atoms with Gasteiger partial charge in [0.05, 0.1) is 35.7 Å². The SMILES string of the molecule is [C-]#[N+]c1sccc1-c1c(-c2cccc(N3CC(C(=O)NC(C)(C)C(=O)OC)C3)c2)n(S(=O)(=O)c2ccc(C)cc2)c2ccc(F)cc12. The van der Waals surface area contributed by atoms with Crippen molar-refractivity contribution in [2.75, 3.05) is 25.1 Å². The van der Waals surface area contributed by atoms with Gasteiger partial charge in [0.1, 0.15) is 11.4 Å². The maximum absolute atomic E-state index is 14.9. The second-order valence-electron chi connectivity index (χ2n) is 12.0. The molecule has 1 fully saturated rings. The summed E-state index contributed by atoms with van der Waals surface area (Å²) in [5.74, 6) is -1.73. The molecule has 1 aliphatic heterocycles. The average molecular weight is 671 g/mol. The molecule has 6 rings (SSSR count). The molecule has 5 aromatic rings. The number of halogens is 1. The van der Waals surface area contributed by atoms with E-state index in [-0.39, 0.29) is 22.2 Å². The van der Waals surface area contributed by atoms with E-state index in [4.69, 9.17) is 11.3 Å². The largest absolute Gasteiger partial charge is 0.467 e. The molecule has 240 valence electrons. The average Bonchev–Trinajstić information content (AvgIpc) is 3.62. The van der Waals surface area contributed by atoms with Crippen LogP contribution in [0.2, 0.25) is 0 Å². The Balaban J connectivity index is 1.48. The zero-order valence-electron chi connectivity index (χ0n) is 26.1. The van der Waals surface area contributed by atoms with Gasteiger partial charge >= 0.3 is 5.97 Å². The number of hydrogen-bond acceptors (Lipinski definition) is 7. The minimum atomic E-state index is -4.22. The molecular formula is C35H31FN4O5S2. The third-order valence-corrected chi connectivity index (χ3v) is 10.9. The third-order valence-electron chi connectivity index (χ3n) is 8.33. The number of fused-ring (bicyclic) bond motifs is 1. The number of nitrogens with one attached hydrogen (secondary N) is 1. The smallest absolute Gasteiger partial charge is 0.330 e. The lowest BCUT2D eigenvalue weighted by molar-refractivity contribution is -0.150. The Kier molecular flexibility index (Phi) is 8.15. The van der Waals surface area contributed by atoms with E-state index in [0.29, 0.717) is 45.9 Å². The summed E-state index contributed by atoms with van der Waals surface area (Å²) < 4.78 is 49.9. The summed E-state index contributed by atoms with van der Waals surface area (Å²) in [7, 11) is -2.95. The van der Waals surface area contributed by atoms with Gasteiger partial charge in [-0.15, -0.1) is 0 Å². The second-order valence-corrected chi connectivity index (χ2v) is 14.7. The van der Waals surface area contributed by atoms with Crippen LogP contribution in [-0.4, -0.2) is 50.0 Å². The Hall–Kier alpha value is -4.99. The number of methoxy groups -OCH3 is 1. The maximum atomic E-state index is 14.9. The van der Waals surface area contributed by atoms with Crippen LogP contribution in [0.25, 0.3) is 38.1 Å². The standard InChI is InChI=1S/C35H31FN4O5S2/c1-21-9-12-26(13-10-21)47(43,44)40-29-14-11-24(36)18-28(29)30(27-15-16-46-33(27)37-4)31(40)22-7-6-8-25(17-22)39-19-23(20-39)32(41)38-35(2,3)34(42)45-5/h6-18,23H,19-20H2,1-3,5H3,(H,38,41). The first-order chi connectivity index (χ1) is 22.3. The van der Waals surface area contributed by atoms with E-state index >= 15 is 0 Å². The molecule has 0 radical (unpaired) electrons. The molecule has 1 saturated heterocycles. The summed E-state index contributed by atoms with van der Waals surface area (Å²) in [6, 6.07) is 19.5. The minimum absolute atomic E-state index is 0.0653. The van der Waals surface area contributed by atoms with E-state index in [2.05, 4.69) is 10.2 Å². The Morgan fingerprint density at radius 2 is 1.79 bits per heavy atom. The number of amides is 1. The van der Waals surface area contributed by atoms with Crippen LogP contribution in [0.15, 0.2) is 83.1 Å². The summed E-state index contributed by atoms with van der Waals surface area (Å²) >= 11 is 1.22. The molecule has 3 aromatic carbocycles. The molecule has 1 amide bonds. The molecule has 0 unspecified atom stereocenters. The number of hydrogen-bond donors (Lipinski definition) is 1. The van der Waals surface area contributed by atoms with Crippen LogP contribution in [-0.2, 0) is 24.3 Å². The molecule has 0 aliphatic carbocycles. The van der Waals surface area contributed by atoms with Crippen molar-refractivity contribution in [3.63, 3.8) is 0 Å². The van der Waals surface area contributed by atoms with Crippen molar-refractivity contribution >= 4 is 54.8 Å². The number of carbonyl (C=O) groups excluding carboxylic acids is 2. The maximum Gasteiger partial charge on any atom is 0.330 e. The van der Waals surface area contributed by atoms with E-state index in [1.165, 1.54) is 40.6 Å². The van der Waals surface area contributed by atoms with Gasteiger partial charge in [-0.3, -0.25) is 4.79 Å². The van der Waals surface area contributed by atoms with Gasteiger partial charge < -0.3 is 15.0 Å². The number of benzene rings is 3. The van der Waals surface area contributed by atoms with Crippen molar-refractivity contribution < 1.29 is 27.1 Å². The van der Waals surface area contributed by atoms with Gasteiger partial charge in [-0.05, 0) is 68.6 Å². The first-order valence-electron chi connectivity index (χ1n) is 14.7. The zero-order chi connectivity index (χ0) is 33.7. The Morgan fingerprint density at radius 3 is 2.47 bits per heavy atom. The predicted octanol–water partition coefficient (Wildman–Crippen LogP) is 6.78. The molecule has 0 saturated carbocycles. The molecule has 1 N–H and O–H groups in total. The number of thiophene rings is 1. The molecule has 1 aliphatic rings. The fraction of sp³-hybridized carbons (Fsp3) is 0.229. The van der Waals surface area contributed by atoms with Gasteiger partial charge in [-0.25, -0.2) is 26.4 Å². The van der Waals surface area contributed by atoms with Crippen LogP contribution in [0.5, 0.6) is 0 Å². The minimum Gasteiger partial charge on any atom is -0.467 e. The lowest BCUT2D eigenvalue weighted by atomic mass is 9.95. The number of rotatable bonds is 8. The van der Waals surface area contributed by atoms with Gasteiger partial charge in [0, 0.05) is 40.9 Å². The molecule has 12 heteroatoms. The summed E-state index contributed by atoms with van der Waals surface area (Å²) in [6.07, 6.45) is 0. The van der Waals surface area contributed by atoms with Crippen LogP contribution in [0.4, 0.5) is 15.1 Å². The van der Waals surface area contributed by atoms with Crippen LogP contribution in [0.1, 0.15) is 19.4 Å². The number of esters is 1. The van der Waals surface area contributed by atoms with Gasteiger partial charge in [0.2, 0.25) is 10.9 Å². The lowest BCUT2D eigenvalue weighted by Crippen LogP contribution is -2.59. The summed E-state index contributed by atoms with van der Waals surface area (Å²) in [5.41, 5.74) is 2.52. The molecule has 3 heterocycles. The van der Waals surface area contributed by atoms with Crippen molar-refractivity contribution in [1.29, 1.82) is 0 Å². The molecule has 0 atom stereocenters. The Morgan fingerprint density at radius 1 is 1.06 bits per heavy atom. The Labute approximate surface area is 276 Å². The highest BCUT2D eigenvalue weighted by atomic mass is 32.2. The fourth-order valence-corrected chi connectivity index (χ4v) is 8.06. The first-order valence-corrected chi connectivity index (χ1v) is 17.0. The number of carbonyl (C=O) groups is 2. The quantitative estimate of drug-likeness (QED) is 0.144. The number of aryl methyl sites for hydroxylation is 1. The first kappa shape index (κ1) is 32.0. The van der Waals surface area contributed by atoms with Crippen LogP contribution in [0, 0.1) is 25.2 Å². The van der Waals surface area contributed by atoms with Gasteiger partial charge in [0.25, 0.3) is 10.0 Å². The van der Waals surface area contributed by atoms with E-state index in [1.807, 2.05) is 24.0 Å².